The standard InChI is InChI=1S/C18H19Cl2NO4S/c1-12(2)21(18(22)14-8-15(19)10-16(20)9-14)11-13-5-4-6-17(7-13)25-26(3,23)24/h4-10,12H,11H2,1-3H3. The number of halogens is 2. The zero-order chi connectivity index (χ0) is 19.5. The Labute approximate surface area is 163 Å². The molecule has 0 aliphatic carbocycles. The molecular weight excluding hydrogens is 397 g/mol. The van der Waals surface area contributed by atoms with Gasteiger partial charge in [-0.15, -0.1) is 0 Å². The van der Waals surface area contributed by atoms with Crippen molar-refractivity contribution >= 4 is 39.2 Å². The largest absolute Gasteiger partial charge is 0.383 e. The predicted molar refractivity (Wildman–Crippen MR) is 103 cm³/mol. The second-order valence-corrected chi connectivity index (χ2v) is 8.57. The van der Waals surface area contributed by atoms with Crippen molar-refractivity contribution < 1.29 is 17.4 Å². The van der Waals surface area contributed by atoms with Crippen LogP contribution in [0.1, 0.15) is 29.8 Å². The van der Waals surface area contributed by atoms with Crippen molar-refractivity contribution in [1.82, 2.24) is 4.90 Å². The van der Waals surface area contributed by atoms with Crippen LogP contribution in [0.2, 0.25) is 10.0 Å². The molecule has 1 amide bonds. The van der Waals surface area contributed by atoms with Crippen LogP contribution in [0, 0.1) is 0 Å². The first-order chi connectivity index (χ1) is 12.0. The van der Waals surface area contributed by atoms with Gasteiger partial charge in [-0.25, -0.2) is 0 Å². The Morgan fingerprint density at radius 1 is 1.12 bits per heavy atom. The first kappa shape index (κ1) is 20.6. The zero-order valence-corrected chi connectivity index (χ0v) is 16.9. The maximum absolute atomic E-state index is 12.9. The van der Waals surface area contributed by atoms with E-state index in [0.717, 1.165) is 11.8 Å². The number of hydrogen-bond donors (Lipinski definition) is 0. The summed E-state index contributed by atoms with van der Waals surface area (Å²) in [5, 5.41) is 0.765. The highest BCUT2D eigenvalue weighted by molar-refractivity contribution is 7.86. The molecule has 2 rings (SSSR count). The molecular formula is C18H19Cl2NO4S. The van der Waals surface area contributed by atoms with Gasteiger partial charge in [0.05, 0.1) is 6.26 Å². The molecule has 5 nitrogen and oxygen atoms in total. The lowest BCUT2D eigenvalue weighted by molar-refractivity contribution is 0.0690. The quantitative estimate of drug-likeness (QED) is 0.656. The highest BCUT2D eigenvalue weighted by atomic mass is 35.5. The molecule has 0 aliphatic rings. The molecule has 26 heavy (non-hydrogen) atoms. The van der Waals surface area contributed by atoms with E-state index >= 15 is 0 Å². The average molecular weight is 416 g/mol. The van der Waals surface area contributed by atoms with E-state index in [9.17, 15) is 13.2 Å². The Morgan fingerprint density at radius 2 is 1.73 bits per heavy atom. The molecule has 0 aliphatic heterocycles. The highest BCUT2D eigenvalue weighted by Gasteiger charge is 2.20. The third-order valence-corrected chi connectivity index (χ3v) is 4.42. The summed E-state index contributed by atoms with van der Waals surface area (Å²) in [6, 6.07) is 11.2. The van der Waals surface area contributed by atoms with Crippen LogP contribution in [0.4, 0.5) is 0 Å². The number of rotatable bonds is 6. The summed E-state index contributed by atoms with van der Waals surface area (Å²) in [5.74, 6) is -0.0224. The summed E-state index contributed by atoms with van der Waals surface area (Å²) in [7, 11) is -3.62. The molecule has 0 spiro atoms. The van der Waals surface area contributed by atoms with Crippen molar-refractivity contribution in [2.24, 2.45) is 0 Å². The van der Waals surface area contributed by atoms with Gasteiger partial charge in [-0.1, -0.05) is 35.3 Å². The maximum Gasteiger partial charge on any atom is 0.306 e. The Balaban J connectivity index is 2.28. The summed E-state index contributed by atoms with van der Waals surface area (Å²) in [4.78, 5) is 14.5. The molecule has 0 fully saturated rings. The fourth-order valence-corrected chi connectivity index (χ4v) is 3.38. The Hall–Kier alpha value is -1.76. The number of carbonyl (C=O) groups excluding carboxylic acids is 1. The van der Waals surface area contributed by atoms with Crippen molar-refractivity contribution in [3.8, 4) is 5.75 Å². The fraction of sp³-hybridized carbons (Fsp3) is 0.278. The first-order valence-electron chi connectivity index (χ1n) is 7.80. The van der Waals surface area contributed by atoms with Crippen molar-refractivity contribution in [2.75, 3.05) is 6.26 Å². The number of benzene rings is 2. The average Bonchev–Trinajstić information content (AvgIpc) is 2.49. The highest BCUT2D eigenvalue weighted by Crippen LogP contribution is 2.23. The van der Waals surface area contributed by atoms with Gasteiger partial charge in [0.1, 0.15) is 5.75 Å². The lowest BCUT2D eigenvalue weighted by Gasteiger charge is -2.27. The van der Waals surface area contributed by atoms with Gasteiger partial charge >= 0.3 is 10.1 Å². The smallest absolute Gasteiger partial charge is 0.306 e. The van der Waals surface area contributed by atoms with Crippen molar-refractivity contribution in [2.45, 2.75) is 26.4 Å². The molecule has 0 bridgehead atoms. The van der Waals surface area contributed by atoms with Crippen LogP contribution in [-0.4, -0.2) is 31.5 Å². The van der Waals surface area contributed by atoms with Crippen molar-refractivity contribution in [3.63, 3.8) is 0 Å². The topological polar surface area (TPSA) is 63.7 Å². The molecule has 0 heterocycles. The van der Waals surface area contributed by atoms with Crippen LogP contribution in [0.15, 0.2) is 42.5 Å². The van der Waals surface area contributed by atoms with Gasteiger partial charge in [0, 0.05) is 28.2 Å². The minimum Gasteiger partial charge on any atom is -0.383 e. The first-order valence-corrected chi connectivity index (χ1v) is 10.4. The fourth-order valence-electron chi connectivity index (χ4n) is 2.40. The molecule has 0 radical (unpaired) electrons. The summed E-state index contributed by atoms with van der Waals surface area (Å²) < 4.78 is 27.5. The molecule has 0 atom stereocenters. The summed E-state index contributed by atoms with van der Waals surface area (Å²) >= 11 is 12.0. The third-order valence-electron chi connectivity index (χ3n) is 3.49. The summed E-state index contributed by atoms with van der Waals surface area (Å²) in [6.07, 6.45) is 0.979. The van der Waals surface area contributed by atoms with Gasteiger partial charge in [0.2, 0.25) is 0 Å². The maximum atomic E-state index is 12.9. The second-order valence-electron chi connectivity index (χ2n) is 6.12. The summed E-state index contributed by atoms with van der Waals surface area (Å²) in [6.45, 7) is 4.06. The van der Waals surface area contributed by atoms with Crippen molar-refractivity contribution in [1.29, 1.82) is 0 Å². The second kappa shape index (κ2) is 8.29. The number of amides is 1. The van der Waals surface area contributed by atoms with Gasteiger partial charge in [-0.3, -0.25) is 4.79 Å². The van der Waals surface area contributed by atoms with E-state index in [0.29, 0.717) is 15.6 Å². The molecule has 140 valence electrons. The van der Waals surface area contributed by atoms with E-state index in [-0.39, 0.29) is 24.2 Å². The Morgan fingerprint density at radius 3 is 2.27 bits per heavy atom. The minimum atomic E-state index is -3.62. The van der Waals surface area contributed by atoms with Gasteiger partial charge in [0.15, 0.2) is 0 Å². The molecule has 0 aromatic heterocycles. The van der Waals surface area contributed by atoms with Crippen LogP contribution in [0.3, 0.4) is 0 Å². The molecule has 2 aromatic carbocycles. The van der Waals surface area contributed by atoms with Gasteiger partial charge in [-0.05, 0) is 49.7 Å². The van der Waals surface area contributed by atoms with Crippen molar-refractivity contribution in [3.05, 3.63) is 63.6 Å². The van der Waals surface area contributed by atoms with E-state index in [4.69, 9.17) is 27.4 Å². The summed E-state index contributed by atoms with van der Waals surface area (Å²) in [5.41, 5.74) is 1.13. The molecule has 2 aromatic rings. The molecule has 0 unspecified atom stereocenters. The number of carbonyl (C=O) groups is 1. The molecule has 0 saturated heterocycles. The Bertz CT molecular complexity index is 893. The van der Waals surface area contributed by atoms with Gasteiger partial charge < -0.3 is 9.08 Å². The van der Waals surface area contributed by atoms with Crippen LogP contribution in [0.5, 0.6) is 5.75 Å². The third kappa shape index (κ3) is 5.90. The molecule has 0 N–H and O–H groups in total. The van der Waals surface area contributed by atoms with Gasteiger partial charge in [-0.2, -0.15) is 8.42 Å². The van der Waals surface area contributed by atoms with Crippen LogP contribution < -0.4 is 4.18 Å². The monoisotopic (exact) mass is 415 g/mol. The zero-order valence-electron chi connectivity index (χ0n) is 14.6. The van der Waals surface area contributed by atoms with Crippen LogP contribution in [-0.2, 0) is 16.7 Å². The molecule has 0 saturated carbocycles. The minimum absolute atomic E-state index is 0.0975. The van der Waals surface area contributed by atoms with E-state index in [1.807, 2.05) is 13.8 Å². The normalized spacial score (nSPS) is 11.5. The van der Waals surface area contributed by atoms with E-state index < -0.39 is 10.1 Å². The van der Waals surface area contributed by atoms with E-state index in [1.165, 1.54) is 0 Å². The van der Waals surface area contributed by atoms with E-state index in [1.54, 1.807) is 47.4 Å². The van der Waals surface area contributed by atoms with E-state index in [2.05, 4.69) is 0 Å². The van der Waals surface area contributed by atoms with Crippen LogP contribution >= 0.6 is 23.2 Å². The lowest BCUT2D eigenvalue weighted by Crippen LogP contribution is -2.36. The predicted octanol–water partition coefficient (Wildman–Crippen LogP) is 4.38. The Kier molecular flexibility index (Phi) is 6.55. The van der Waals surface area contributed by atoms with Gasteiger partial charge in [0.25, 0.3) is 5.91 Å². The SMILES string of the molecule is CC(C)N(Cc1cccc(OS(C)(=O)=O)c1)C(=O)c1cc(Cl)cc(Cl)c1. The lowest BCUT2D eigenvalue weighted by atomic mass is 10.1. The number of hydrogen-bond acceptors (Lipinski definition) is 4. The van der Waals surface area contributed by atoms with Crippen LogP contribution in [0.25, 0.3) is 0 Å². The number of nitrogens with zero attached hydrogens (tertiary/aromatic N) is 1. The molecule has 8 heteroatoms.